The third kappa shape index (κ3) is 4.82. The maximum absolute atomic E-state index is 12.0. The van der Waals surface area contributed by atoms with E-state index in [9.17, 15) is 9.59 Å². The molecule has 3 N–H and O–H groups in total. The van der Waals surface area contributed by atoms with Crippen LogP contribution in [0.3, 0.4) is 0 Å². The quantitative estimate of drug-likeness (QED) is 0.773. The van der Waals surface area contributed by atoms with Gasteiger partial charge in [-0.25, -0.2) is 0 Å². The fraction of sp³-hybridized carbons (Fsp3) is 0.857. The number of carbonyl (C=O) groups excluding carboxylic acids is 2. The molecule has 0 saturated carbocycles. The van der Waals surface area contributed by atoms with Crippen molar-refractivity contribution in [1.82, 2.24) is 10.2 Å². The van der Waals surface area contributed by atoms with Gasteiger partial charge in [0.25, 0.3) is 0 Å². The maximum Gasteiger partial charge on any atom is 0.241 e. The second-order valence-corrected chi connectivity index (χ2v) is 5.74. The van der Waals surface area contributed by atoms with Crippen LogP contribution in [0.15, 0.2) is 0 Å². The van der Waals surface area contributed by atoms with E-state index < -0.39 is 6.04 Å². The van der Waals surface area contributed by atoms with Crippen LogP contribution in [0, 0.1) is 11.8 Å². The Morgan fingerprint density at radius 2 is 2.11 bits per heavy atom. The smallest absolute Gasteiger partial charge is 0.241 e. The second kappa shape index (κ2) is 7.48. The van der Waals surface area contributed by atoms with Gasteiger partial charge in [0.1, 0.15) is 0 Å². The van der Waals surface area contributed by atoms with Gasteiger partial charge in [-0.05, 0) is 24.7 Å². The Balaban J connectivity index is 2.36. The molecule has 1 rings (SSSR count). The van der Waals surface area contributed by atoms with Gasteiger partial charge >= 0.3 is 0 Å². The molecule has 0 aromatic heterocycles. The summed E-state index contributed by atoms with van der Waals surface area (Å²) in [6.45, 7) is 7.63. The SMILES string of the molecule is CCC1CCCN(C(=O)CNC(=O)[C@@H](N)C(C)C)C1. The van der Waals surface area contributed by atoms with Crippen LogP contribution in [-0.4, -0.2) is 42.4 Å². The van der Waals surface area contributed by atoms with Gasteiger partial charge in [0.2, 0.25) is 11.8 Å². The minimum atomic E-state index is -0.544. The Kier molecular flexibility index (Phi) is 6.28. The normalized spacial score (nSPS) is 21.3. The molecular formula is C14H27N3O2. The second-order valence-electron chi connectivity index (χ2n) is 5.74. The summed E-state index contributed by atoms with van der Waals surface area (Å²) in [7, 11) is 0. The van der Waals surface area contributed by atoms with Gasteiger partial charge in [-0.2, -0.15) is 0 Å². The molecule has 0 aliphatic carbocycles. The number of piperidine rings is 1. The van der Waals surface area contributed by atoms with E-state index in [1.165, 1.54) is 6.42 Å². The van der Waals surface area contributed by atoms with E-state index in [1.807, 2.05) is 18.7 Å². The van der Waals surface area contributed by atoms with Crippen molar-refractivity contribution in [3.8, 4) is 0 Å². The number of rotatable bonds is 5. The molecule has 5 nitrogen and oxygen atoms in total. The molecule has 2 atom stereocenters. The monoisotopic (exact) mass is 269 g/mol. The lowest BCUT2D eigenvalue weighted by atomic mass is 9.95. The summed E-state index contributed by atoms with van der Waals surface area (Å²) in [5, 5.41) is 2.64. The predicted molar refractivity (Wildman–Crippen MR) is 75.4 cm³/mol. The number of hydrogen-bond donors (Lipinski definition) is 2. The number of nitrogens with two attached hydrogens (primary N) is 1. The third-order valence-electron chi connectivity index (χ3n) is 3.88. The maximum atomic E-state index is 12.0. The molecule has 0 aromatic rings. The highest BCUT2D eigenvalue weighted by Gasteiger charge is 2.23. The Hall–Kier alpha value is -1.10. The standard InChI is InChI=1S/C14H27N3O2/c1-4-11-6-5-7-17(9-11)12(18)8-16-14(19)13(15)10(2)3/h10-11,13H,4-9,15H2,1-3H3,(H,16,19)/t11?,13-/m0/s1. The lowest BCUT2D eigenvalue weighted by Gasteiger charge is -2.32. The van der Waals surface area contributed by atoms with Crippen LogP contribution in [-0.2, 0) is 9.59 Å². The summed E-state index contributed by atoms with van der Waals surface area (Å²) in [6.07, 6.45) is 3.36. The third-order valence-corrected chi connectivity index (χ3v) is 3.88. The first-order chi connectivity index (χ1) is 8.95. The summed E-state index contributed by atoms with van der Waals surface area (Å²) >= 11 is 0. The Labute approximate surface area is 115 Å². The molecule has 5 heteroatoms. The first kappa shape index (κ1) is 16.0. The molecule has 0 spiro atoms. The van der Waals surface area contributed by atoms with E-state index in [0.717, 1.165) is 25.9 Å². The molecule has 1 heterocycles. The van der Waals surface area contributed by atoms with Crippen LogP contribution in [0.1, 0.15) is 40.0 Å². The van der Waals surface area contributed by atoms with E-state index in [1.54, 1.807) is 0 Å². The van der Waals surface area contributed by atoms with Gasteiger partial charge in [0.05, 0.1) is 12.6 Å². The van der Waals surface area contributed by atoms with E-state index in [4.69, 9.17) is 5.73 Å². The molecule has 0 aromatic carbocycles. The summed E-state index contributed by atoms with van der Waals surface area (Å²) in [6, 6.07) is -0.544. The molecule has 2 amide bonds. The first-order valence-corrected chi connectivity index (χ1v) is 7.26. The van der Waals surface area contributed by atoms with Crippen LogP contribution in [0.25, 0.3) is 0 Å². The van der Waals surface area contributed by atoms with Crippen LogP contribution in [0.2, 0.25) is 0 Å². The van der Waals surface area contributed by atoms with Gasteiger partial charge in [0.15, 0.2) is 0 Å². The van der Waals surface area contributed by atoms with Crippen molar-refractivity contribution in [2.75, 3.05) is 19.6 Å². The minimum Gasteiger partial charge on any atom is -0.346 e. The lowest BCUT2D eigenvalue weighted by molar-refractivity contribution is -0.134. The molecule has 0 radical (unpaired) electrons. The highest BCUT2D eigenvalue weighted by atomic mass is 16.2. The number of carbonyl (C=O) groups is 2. The van der Waals surface area contributed by atoms with Crippen LogP contribution >= 0.6 is 0 Å². The summed E-state index contributed by atoms with van der Waals surface area (Å²) in [5.41, 5.74) is 5.73. The fourth-order valence-corrected chi connectivity index (χ4v) is 2.32. The van der Waals surface area contributed by atoms with Gasteiger partial charge in [0, 0.05) is 13.1 Å². The average molecular weight is 269 g/mol. The predicted octanol–water partition coefficient (Wildman–Crippen LogP) is 0.735. The van der Waals surface area contributed by atoms with E-state index in [2.05, 4.69) is 12.2 Å². The van der Waals surface area contributed by atoms with Crippen molar-refractivity contribution in [3.05, 3.63) is 0 Å². The molecular weight excluding hydrogens is 242 g/mol. The Bertz CT molecular complexity index is 318. The number of amides is 2. The zero-order valence-corrected chi connectivity index (χ0v) is 12.3. The van der Waals surface area contributed by atoms with Crippen molar-refractivity contribution >= 4 is 11.8 Å². The largest absolute Gasteiger partial charge is 0.346 e. The average Bonchev–Trinajstić information content (AvgIpc) is 2.43. The Morgan fingerprint density at radius 1 is 1.42 bits per heavy atom. The Morgan fingerprint density at radius 3 is 2.68 bits per heavy atom. The summed E-state index contributed by atoms with van der Waals surface area (Å²) in [5.74, 6) is 0.441. The summed E-state index contributed by atoms with van der Waals surface area (Å²) in [4.78, 5) is 25.6. The molecule has 1 aliphatic heterocycles. The zero-order chi connectivity index (χ0) is 14.4. The molecule has 1 aliphatic rings. The van der Waals surface area contributed by atoms with Crippen molar-refractivity contribution in [2.45, 2.75) is 46.1 Å². The van der Waals surface area contributed by atoms with Gasteiger partial charge < -0.3 is 16.0 Å². The minimum absolute atomic E-state index is 0.00227. The molecule has 1 unspecified atom stereocenters. The first-order valence-electron chi connectivity index (χ1n) is 7.26. The van der Waals surface area contributed by atoms with Crippen LogP contribution in [0.4, 0.5) is 0 Å². The lowest BCUT2D eigenvalue weighted by Crippen LogP contribution is -2.49. The van der Waals surface area contributed by atoms with E-state index >= 15 is 0 Å². The zero-order valence-electron chi connectivity index (χ0n) is 12.3. The number of likely N-dealkylation sites (tertiary alicyclic amines) is 1. The molecule has 1 saturated heterocycles. The van der Waals surface area contributed by atoms with Crippen molar-refractivity contribution in [2.24, 2.45) is 17.6 Å². The number of nitrogens with one attached hydrogen (secondary N) is 1. The van der Waals surface area contributed by atoms with Crippen LogP contribution in [0.5, 0.6) is 0 Å². The van der Waals surface area contributed by atoms with E-state index in [-0.39, 0.29) is 24.3 Å². The van der Waals surface area contributed by atoms with Gasteiger partial charge in [-0.1, -0.05) is 27.2 Å². The van der Waals surface area contributed by atoms with Crippen LogP contribution < -0.4 is 11.1 Å². The van der Waals surface area contributed by atoms with Crippen molar-refractivity contribution in [1.29, 1.82) is 0 Å². The van der Waals surface area contributed by atoms with Crippen molar-refractivity contribution in [3.63, 3.8) is 0 Å². The van der Waals surface area contributed by atoms with E-state index in [0.29, 0.717) is 5.92 Å². The highest BCUT2D eigenvalue weighted by molar-refractivity contribution is 5.87. The molecule has 19 heavy (non-hydrogen) atoms. The van der Waals surface area contributed by atoms with Gasteiger partial charge in [-0.15, -0.1) is 0 Å². The van der Waals surface area contributed by atoms with Gasteiger partial charge in [-0.3, -0.25) is 9.59 Å². The number of nitrogens with zero attached hydrogens (tertiary/aromatic N) is 1. The fourth-order valence-electron chi connectivity index (χ4n) is 2.32. The molecule has 0 bridgehead atoms. The topological polar surface area (TPSA) is 75.4 Å². The number of hydrogen-bond acceptors (Lipinski definition) is 3. The highest BCUT2D eigenvalue weighted by Crippen LogP contribution is 2.18. The summed E-state index contributed by atoms with van der Waals surface area (Å²) < 4.78 is 0. The molecule has 1 fully saturated rings. The van der Waals surface area contributed by atoms with Crippen molar-refractivity contribution < 1.29 is 9.59 Å². The molecule has 110 valence electrons.